The van der Waals surface area contributed by atoms with Gasteiger partial charge >= 0.3 is 0 Å². The quantitative estimate of drug-likeness (QED) is 0.778. The maximum atomic E-state index is 5.28. The van der Waals surface area contributed by atoms with E-state index < -0.39 is 0 Å². The number of hydrogen-bond acceptors (Lipinski definition) is 3. The summed E-state index contributed by atoms with van der Waals surface area (Å²) in [4.78, 5) is 4.13. The van der Waals surface area contributed by atoms with E-state index in [0.29, 0.717) is 0 Å². The van der Waals surface area contributed by atoms with Crippen molar-refractivity contribution in [1.82, 2.24) is 4.98 Å². The molecular formula is C18H18N2O. The second-order valence-electron chi connectivity index (χ2n) is 5.10. The number of ether oxygens (including phenoxy) is 1. The fraction of sp³-hybridized carbons (Fsp3) is 0.167. The minimum absolute atomic E-state index is 0.796. The molecule has 0 aliphatic carbocycles. The van der Waals surface area contributed by atoms with E-state index >= 15 is 0 Å². The van der Waals surface area contributed by atoms with Crippen molar-refractivity contribution in [3.8, 4) is 5.75 Å². The molecule has 0 saturated carbocycles. The maximum Gasteiger partial charge on any atom is 0.121 e. The molecule has 0 aliphatic rings. The zero-order valence-electron chi connectivity index (χ0n) is 12.3. The minimum atomic E-state index is 0.796. The van der Waals surface area contributed by atoms with E-state index in [-0.39, 0.29) is 0 Å². The highest BCUT2D eigenvalue weighted by Gasteiger charge is 2.01. The number of methoxy groups -OCH3 is 1. The average Bonchev–Trinajstić information content (AvgIpc) is 2.53. The molecule has 0 amide bonds. The highest BCUT2D eigenvalue weighted by Crippen LogP contribution is 2.22. The molecule has 0 atom stereocenters. The van der Waals surface area contributed by atoms with Gasteiger partial charge in [0.25, 0.3) is 0 Å². The van der Waals surface area contributed by atoms with Crippen LogP contribution in [0.2, 0.25) is 0 Å². The molecule has 3 aromatic rings. The summed E-state index contributed by atoms with van der Waals surface area (Å²) in [6.45, 7) is 2.84. The average molecular weight is 278 g/mol. The highest BCUT2D eigenvalue weighted by molar-refractivity contribution is 5.82. The minimum Gasteiger partial charge on any atom is -0.496 e. The van der Waals surface area contributed by atoms with E-state index in [0.717, 1.165) is 23.5 Å². The standard InChI is InChI=1S/C18H18N2O/c1-13-9-17(5-6-18(13)21-2)20-11-14-3-4-16-12-19-8-7-15(16)10-14/h3-10,12,20H,11H2,1-2H3. The molecule has 3 nitrogen and oxygen atoms in total. The smallest absolute Gasteiger partial charge is 0.121 e. The van der Waals surface area contributed by atoms with E-state index in [2.05, 4.69) is 34.6 Å². The summed E-state index contributed by atoms with van der Waals surface area (Å²) in [6.07, 6.45) is 3.71. The fourth-order valence-electron chi connectivity index (χ4n) is 2.44. The first-order valence-electron chi connectivity index (χ1n) is 6.97. The zero-order chi connectivity index (χ0) is 14.7. The molecule has 0 spiro atoms. The Labute approximate surface area is 124 Å². The summed E-state index contributed by atoms with van der Waals surface area (Å²) >= 11 is 0. The molecule has 1 aromatic heterocycles. The predicted octanol–water partition coefficient (Wildman–Crippen LogP) is 4.16. The molecule has 21 heavy (non-hydrogen) atoms. The molecule has 0 saturated heterocycles. The maximum absolute atomic E-state index is 5.28. The molecule has 3 rings (SSSR count). The lowest BCUT2D eigenvalue weighted by Gasteiger charge is -2.10. The molecule has 1 heterocycles. The summed E-state index contributed by atoms with van der Waals surface area (Å²) in [7, 11) is 1.69. The molecule has 0 radical (unpaired) electrons. The van der Waals surface area contributed by atoms with Gasteiger partial charge in [-0.3, -0.25) is 4.98 Å². The molecule has 0 fully saturated rings. The first-order valence-corrected chi connectivity index (χ1v) is 6.97. The molecular weight excluding hydrogens is 260 g/mol. The number of nitrogens with one attached hydrogen (secondary N) is 1. The molecule has 1 N–H and O–H groups in total. The Morgan fingerprint density at radius 2 is 1.95 bits per heavy atom. The number of pyridine rings is 1. The number of benzene rings is 2. The van der Waals surface area contributed by atoms with Crippen LogP contribution in [0.4, 0.5) is 5.69 Å². The van der Waals surface area contributed by atoms with Crippen molar-refractivity contribution in [3.05, 3.63) is 66.0 Å². The number of aryl methyl sites for hydroxylation is 1. The van der Waals surface area contributed by atoms with Gasteiger partial charge in [-0.2, -0.15) is 0 Å². The summed E-state index contributed by atoms with van der Waals surface area (Å²) in [6, 6.07) is 14.6. The Balaban J connectivity index is 1.75. The van der Waals surface area contributed by atoms with Gasteiger partial charge in [0, 0.05) is 30.0 Å². The lowest BCUT2D eigenvalue weighted by atomic mass is 10.1. The SMILES string of the molecule is COc1ccc(NCc2ccc3cnccc3c2)cc1C. The predicted molar refractivity (Wildman–Crippen MR) is 86.8 cm³/mol. The van der Waals surface area contributed by atoms with Crippen molar-refractivity contribution in [2.45, 2.75) is 13.5 Å². The van der Waals surface area contributed by atoms with Gasteiger partial charge in [0.1, 0.15) is 5.75 Å². The molecule has 0 unspecified atom stereocenters. The van der Waals surface area contributed by atoms with E-state index in [9.17, 15) is 0 Å². The second-order valence-corrected chi connectivity index (χ2v) is 5.10. The number of rotatable bonds is 4. The zero-order valence-corrected chi connectivity index (χ0v) is 12.3. The summed E-state index contributed by atoms with van der Waals surface area (Å²) in [5.41, 5.74) is 3.48. The number of aromatic nitrogens is 1. The van der Waals surface area contributed by atoms with Gasteiger partial charge in [-0.1, -0.05) is 12.1 Å². The van der Waals surface area contributed by atoms with Crippen LogP contribution < -0.4 is 10.1 Å². The Kier molecular flexibility index (Phi) is 3.73. The first kappa shape index (κ1) is 13.4. The van der Waals surface area contributed by atoms with Crippen molar-refractivity contribution in [1.29, 1.82) is 0 Å². The van der Waals surface area contributed by atoms with Crippen molar-refractivity contribution in [3.63, 3.8) is 0 Å². The largest absolute Gasteiger partial charge is 0.496 e. The molecule has 106 valence electrons. The van der Waals surface area contributed by atoms with Crippen LogP contribution in [0.3, 0.4) is 0 Å². The van der Waals surface area contributed by atoms with Gasteiger partial charge in [0.2, 0.25) is 0 Å². The second kappa shape index (κ2) is 5.83. The third-order valence-electron chi connectivity index (χ3n) is 3.60. The summed E-state index contributed by atoms with van der Waals surface area (Å²) in [5.74, 6) is 0.916. The number of fused-ring (bicyclic) bond motifs is 1. The molecule has 0 aliphatic heterocycles. The van der Waals surface area contributed by atoms with Gasteiger partial charge in [-0.15, -0.1) is 0 Å². The summed E-state index contributed by atoms with van der Waals surface area (Å²) < 4.78 is 5.28. The van der Waals surface area contributed by atoms with Gasteiger partial charge < -0.3 is 10.1 Å². The monoisotopic (exact) mass is 278 g/mol. The van der Waals surface area contributed by atoms with Crippen molar-refractivity contribution >= 4 is 16.5 Å². The van der Waals surface area contributed by atoms with Crippen molar-refractivity contribution in [2.75, 3.05) is 12.4 Å². The lowest BCUT2D eigenvalue weighted by Crippen LogP contribution is -2.00. The lowest BCUT2D eigenvalue weighted by molar-refractivity contribution is 0.412. The molecule has 3 heteroatoms. The van der Waals surface area contributed by atoms with Crippen LogP contribution in [0.5, 0.6) is 5.75 Å². The van der Waals surface area contributed by atoms with Gasteiger partial charge in [0.05, 0.1) is 7.11 Å². The van der Waals surface area contributed by atoms with Crippen molar-refractivity contribution in [2.24, 2.45) is 0 Å². The normalized spacial score (nSPS) is 10.6. The fourth-order valence-corrected chi connectivity index (χ4v) is 2.44. The Hall–Kier alpha value is -2.55. The van der Waals surface area contributed by atoms with Crippen LogP contribution in [0.15, 0.2) is 54.9 Å². The van der Waals surface area contributed by atoms with Crippen LogP contribution >= 0.6 is 0 Å². The Bertz CT molecular complexity index is 768. The summed E-state index contributed by atoms with van der Waals surface area (Å²) in [5, 5.41) is 5.83. The third-order valence-corrected chi connectivity index (χ3v) is 3.60. The van der Waals surface area contributed by atoms with Gasteiger partial charge in [-0.25, -0.2) is 0 Å². The van der Waals surface area contributed by atoms with Crippen LogP contribution in [-0.2, 0) is 6.54 Å². The van der Waals surface area contributed by atoms with Crippen LogP contribution in [0.25, 0.3) is 10.8 Å². The topological polar surface area (TPSA) is 34.1 Å². The van der Waals surface area contributed by atoms with Gasteiger partial charge in [-0.05, 0) is 53.8 Å². The van der Waals surface area contributed by atoms with E-state index in [1.54, 1.807) is 7.11 Å². The van der Waals surface area contributed by atoms with Crippen molar-refractivity contribution < 1.29 is 4.74 Å². The number of anilines is 1. The van der Waals surface area contributed by atoms with Crippen LogP contribution in [-0.4, -0.2) is 12.1 Å². The third kappa shape index (κ3) is 2.97. The van der Waals surface area contributed by atoms with Crippen LogP contribution in [0, 0.1) is 6.92 Å². The Morgan fingerprint density at radius 1 is 1.05 bits per heavy atom. The Morgan fingerprint density at radius 3 is 2.76 bits per heavy atom. The van der Waals surface area contributed by atoms with E-state index in [4.69, 9.17) is 4.74 Å². The van der Waals surface area contributed by atoms with E-state index in [1.807, 2.05) is 37.5 Å². The van der Waals surface area contributed by atoms with E-state index in [1.165, 1.54) is 16.3 Å². The highest BCUT2D eigenvalue weighted by atomic mass is 16.5. The van der Waals surface area contributed by atoms with Gasteiger partial charge in [0.15, 0.2) is 0 Å². The molecule has 0 bridgehead atoms. The van der Waals surface area contributed by atoms with Crippen LogP contribution in [0.1, 0.15) is 11.1 Å². The molecule has 2 aromatic carbocycles. The number of nitrogens with zero attached hydrogens (tertiary/aromatic N) is 1. The number of hydrogen-bond donors (Lipinski definition) is 1. The first-order chi connectivity index (χ1) is 10.3.